The monoisotopic (exact) mass is 222 g/mol. The van der Waals surface area contributed by atoms with Crippen LogP contribution in [0.1, 0.15) is 20.3 Å². The summed E-state index contributed by atoms with van der Waals surface area (Å²) < 4.78 is 5.29. The van der Waals surface area contributed by atoms with Gasteiger partial charge in [0.25, 0.3) is 0 Å². The molecule has 0 saturated carbocycles. The molecule has 0 bridgehead atoms. The topological polar surface area (TPSA) is 64.3 Å². The van der Waals surface area contributed by atoms with E-state index in [9.17, 15) is 4.79 Å². The Morgan fingerprint density at radius 1 is 1.44 bits per heavy atom. The van der Waals surface area contributed by atoms with Gasteiger partial charge < -0.3 is 15.8 Å². The molecule has 16 heavy (non-hydrogen) atoms. The molecule has 4 nitrogen and oxygen atoms in total. The van der Waals surface area contributed by atoms with Crippen molar-refractivity contribution in [1.82, 2.24) is 0 Å². The predicted molar refractivity (Wildman–Crippen MR) is 65.2 cm³/mol. The molecule has 3 N–H and O–H groups in total. The van der Waals surface area contributed by atoms with Gasteiger partial charge in [-0.2, -0.15) is 0 Å². The van der Waals surface area contributed by atoms with Crippen LogP contribution in [0, 0.1) is 0 Å². The second kappa shape index (κ2) is 6.12. The molecule has 0 spiro atoms. The van der Waals surface area contributed by atoms with Crippen molar-refractivity contribution in [3.8, 4) is 0 Å². The number of nitrogens with one attached hydrogen (secondary N) is 1. The van der Waals surface area contributed by atoms with E-state index < -0.39 is 0 Å². The van der Waals surface area contributed by atoms with E-state index in [1.54, 1.807) is 12.1 Å². The molecule has 1 aromatic rings. The first-order chi connectivity index (χ1) is 7.59. The van der Waals surface area contributed by atoms with Crippen molar-refractivity contribution < 1.29 is 9.53 Å². The molecule has 1 amide bonds. The second-order valence-corrected chi connectivity index (χ2v) is 3.80. The fourth-order valence-corrected chi connectivity index (χ4v) is 1.21. The standard InChI is InChI=1S/C12H18N2O2/c1-9(2)16-8-7-12(15)14-11-6-4-3-5-10(11)13/h3-6,9H,7-8,13H2,1-2H3,(H,14,15). The van der Waals surface area contributed by atoms with Gasteiger partial charge in [-0.05, 0) is 26.0 Å². The largest absolute Gasteiger partial charge is 0.397 e. The van der Waals surface area contributed by atoms with E-state index in [-0.39, 0.29) is 12.0 Å². The minimum absolute atomic E-state index is 0.0847. The summed E-state index contributed by atoms with van der Waals surface area (Å²) >= 11 is 0. The third-order valence-electron chi connectivity index (χ3n) is 2.02. The van der Waals surface area contributed by atoms with Crippen molar-refractivity contribution in [2.45, 2.75) is 26.4 Å². The molecule has 0 aromatic heterocycles. The van der Waals surface area contributed by atoms with Crippen molar-refractivity contribution in [2.24, 2.45) is 0 Å². The van der Waals surface area contributed by atoms with Gasteiger partial charge in [0.2, 0.25) is 5.91 Å². The Morgan fingerprint density at radius 3 is 2.75 bits per heavy atom. The van der Waals surface area contributed by atoms with E-state index in [0.29, 0.717) is 24.4 Å². The molecule has 1 aromatic carbocycles. The number of carbonyl (C=O) groups excluding carboxylic acids is 1. The van der Waals surface area contributed by atoms with Crippen LogP contribution < -0.4 is 11.1 Å². The summed E-state index contributed by atoms with van der Waals surface area (Å²) in [5.74, 6) is -0.0847. The van der Waals surface area contributed by atoms with Crippen LogP contribution in [-0.2, 0) is 9.53 Å². The summed E-state index contributed by atoms with van der Waals surface area (Å²) in [6.07, 6.45) is 0.488. The zero-order valence-electron chi connectivity index (χ0n) is 9.69. The highest BCUT2D eigenvalue weighted by Gasteiger charge is 2.04. The van der Waals surface area contributed by atoms with Crippen molar-refractivity contribution in [3.05, 3.63) is 24.3 Å². The Kier molecular flexibility index (Phi) is 4.79. The van der Waals surface area contributed by atoms with Gasteiger partial charge in [0.1, 0.15) is 0 Å². The van der Waals surface area contributed by atoms with Crippen molar-refractivity contribution in [1.29, 1.82) is 0 Å². The maximum atomic E-state index is 11.5. The van der Waals surface area contributed by atoms with Crippen LogP contribution in [0.5, 0.6) is 0 Å². The lowest BCUT2D eigenvalue weighted by Crippen LogP contribution is -2.16. The number of rotatable bonds is 5. The highest BCUT2D eigenvalue weighted by Crippen LogP contribution is 2.16. The molecule has 0 aliphatic rings. The summed E-state index contributed by atoms with van der Waals surface area (Å²) in [4.78, 5) is 11.5. The van der Waals surface area contributed by atoms with E-state index in [2.05, 4.69) is 5.32 Å². The van der Waals surface area contributed by atoms with E-state index in [0.717, 1.165) is 0 Å². The maximum absolute atomic E-state index is 11.5. The van der Waals surface area contributed by atoms with Crippen molar-refractivity contribution in [3.63, 3.8) is 0 Å². The summed E-state index contributed by atoms with van der Waals surface area (Å²) in [5.41, 5.74) is 6.92. The number of anilines is 2. The predicted octanol–water partition coefficient (Wildman–Crippen LogP) is 2.02. The number of nitrogens with two attached hydrogens (primary N) is 1. The molecule has 0 unspecified atom stereocenters. The molecule has 0 radical (unpaired) electrons. The molecular weight excluding hydrogens is 204 g/mol. The van der Waals surface area contributed by atoms with Gasteiger partial charge in [-0.15, -0.1) is 0 Å². The number of nitrogen functional groups attached to an aromatic ring is 1. The van der Waals surface area contributed by atoms with Crippen LogP contribution in [0.3, 0.4) is 0 Å². The minimum atomic E-state index is -0.0847. The molecule has 0 heterocycles. The maximum Gasteiger partial charge on any atom is 0.226 e. The smallest absolute Gasteiger partial charge is 0.226 e. The van der Waals surface area contributed by atoms with Crippen LogP contribution in [0.2, 0.25) is 0 Å². The van der Waals surface area contributed by atoms with Crippen LogP contribution in [-0.4, -0.2) is 18.6 Å². The average Bonchev–Trinajstić information content (AvgIpc) is 2.21. The fraction of sp³-hybridized carbons (Fsp3) is 0.417. The first-order valence-corrected chi connectivity index (χ1v) is 5.35. The number of para-hydroxylation sites is 2. The molecule has 4 heteroatoms. The van der Waals surface area contributed by atoms with Gasteiger partial charge in [0.05, 0.1) is 30.5 Å². The summed E-state index contributed by atoms with van der Waals surface area (Å²) in [5, 5.41) is 2.74. The van der Waals surface area contributed by atoms with Crippen molar-refractivity contribution >= 4 is 17.3 Å². The molecule has 1 rings (SSSR count). The molecule has 0 atom stereocenters. The van der Waals surface area contributed by atoms with E-state index in [1.165, 1.54) is 0 Å². The molecule has 0 fully saturated rings. The Balaban J connectivity index is 2.37. The van der Waals surface area contributed by atoms with Gasteiger partial charge in [0.15, 0.2) is 0 Å². The number of ether oxygens (including phenoxy) is 1. The number of hydrogen-bond donors (Lipinski definition) is 2. The number of amides is 1. The summed E-state index contributed by atoms with van der Waals surface area (Å²) in [6, 6.07) is 7.18. The molecule has 0 saturated heterocycles. The van der Waals surface area contributed by atoms with Gasteiger partial charge >= 0.3 is 0 Å². The van der Waals surface area contributed by atoms with E-state index >= 15 is 0 Å². The van der Waals surface area contributed by atoms with E-state index in [4.69, 9.17) is 10.5 Å². The number of hydrogen-bond acceptors (Lipinski definition) is 3. The van der Waals surface area contributed by atoms with Crippen LogP contribution in [0.4, 0.5) is 11.4 Å². The zero-order chi connectivity index (χ0) is 12.0. The highest BCUT2D eigenvalue weighted by molar-refractivity contribution is 5.93. The fourth-order valence-electron chi connectivity index (χ4n) is 1.21. The van der Waals surface area contributed by atoms with E-state index in [1.807, 2.05) is 26.0 Å². The highest BCUT2D eigenvalue weighted by atomic mass is 16.5. The lowest BCUT2D eigenvalue weighted by atomic mass is 10.2. The first kappa shape index (κ1) is 12.5. The molecule has 0 aliphatic heterocycles. The Labute approximate surface area is 95.8 Å². The van der Waals surface area contributed by atoms with Crippen LogP contribution in [0.15, 0.2) is 24.3 Å². The number of benzene rings is 1. The Morgan fingerprint density at radius 2 is 2.12 bits per heavy atom. The van der Waals surface area contributed by atoms with Crippen LogP contribution >= 0.6 is 0 Å². The third-order valence-corrected chi connectivity index (χ3v) is 2.02. The lowest BCUT2D eigenvalue weighted by molar-refractivity contribution is -0.117. The Bertz CT molecular complexity index is 351. The second-order valence-electron chi connectivity index (χ2n) is 3.80. The average molecular weight is 222 g/mol. The molecule has 0 aliphatic carbocycles. The van der Waals surface area contributed by atoms with Gasteiger partial charge in [0, 0.05) is 0 Å². The van der Waals surface area contributed by atoms with Crippen LogP contribution in [0.25, 0.3) is 0 Å². The molecule has 88 valence electrons. The normalized spacial score (nSPS) is 10.4. The lowest BCUT2D eigenvalue weighted by Gasteiger charge is -2.09. The molecular formula is C12H18N2O2. The first-order valence-electron chi connectivity index (χ1n) is 5.35. The summed E-state index contributed by atoms with van der Waals surface area (Å²) in [7, 11) is 0. The van der Waals surface area contributed by atoms with Gasteiger partial charge in [-0.3, -0.25) is 4.79 Å². The summed E-state index contributed by atoms with van der Waals surface area (Å²) in [6.45, 7) is 4.30. The number of carbonyl (C=O) groups is 1. The SMILES string of the molecule is CC(C)OCCC(=O)Nc1ccccc1N. The quantitative estimate of drug-likeness (QED) is 0.749. The minimum Gasteiger partial charge on any atom is -0.397 e. The van der Waals surface area contributed by atoms with Gasteiger partial charge in [-0.25, -0.2) is 0 Å². The van der Waals surface area contributed by atoms with Gasteiger partial charge in [-0.1, -0.05) is 12.1 Å². The third kappa shape index (κ3) is 4.31. The zero-order valence-corrected chi connectivity index (χ0v) is 9.69. The Hall–Kier alpha value is -1.55. The van der Waals surface area contributed by atoms with Crippen molar-refractivity contribution in [2.75, 3.05) is 17.7 Å².